The summed E-state index contributed by atoms with van der Waals surface area (Å²) < 4.78 is 18.1. The molecule has 0 N–H and O–H groups in total. The molecule has 0 radical (unpaired) electrons. The van der Waals surface area contributed by atoms with Gasteiger partial charge in [-0.15, -0.1) is 0 Å². The van der Waals surface area contributed by atoms with Crippen LogP contribution in [0.5, 0.6) is 0 Å². The van der Waals surface area contributed by atoms with Gasteiger partial charge in [-0.05, 0) is 49.1 Å². The summed E-state index contributed by atoms with van der Waals surface area (Å²) in [6, 6.07) is 8.18. The number of esters is 1. The van der Waals surface area contributed by atoms with E-state index in [1.54, 1.807) is 25.3 Å². The molecular formula is C18H16FNO2. The molecule has 1 aromatic carbocycles. The van der Waals surface area contributed by atoms with Gasteiger partial charge in [0.25, 0.3) is 0 Å². The molecule has 4 heteroatoms. The second kappa shape index (κ2) is 6.10. The zero-order valence-electron chi connectivity index (χ0n) is 12.3. The van der Waals surface area contributed by atoms with Crippen LogP contribution in [0.1, 0.15) is 40.5 Å². The molecule has 1 aliphatic carbocycles. The second-order valence-corrected chi connectivity index (χ2v) is 5.10. The molecule has 0 amide bonds. The van der Waals surface area contributed by atoms with Crippen LogP contribution in [-0.4, -0.2) is 17.6 Å². The van der Waals surface area contributed by atoms with Crippen molar-refractivity contribution in [3.63, 3.8) is 0 Å². The van der Waals surface area contributed by atoms with Gasteiger partial charge in [-0.1, -0.05) is 18.2 Å². The van der Waals surface area contributed by atoms with E-state index in [0.717, 1.165) is 35.2 Å². The number of carbonyl (C=O) groups is 1. The monoisotopic (exact) mass is 297 g/mol. The Morgan fingerprint density at radius 3 is 2.82 bits per heavy atom. The number of benzene rings is 1. The van der Waals surface area contributed by atoms with Gasteiger partial charge in [0.05, 0.1) is 12.2 Å². The molecule has 0 unspecified atom stereocenters. The van der Waals surface area contributed by atoms with E-state index in [1.165, 1.54) is 12.1 Å². The number of carbonyl (C=O) groups excluding carboxylic acids is 1. The third kappa shape index (κ3) is 2.77. The quantitative estimate of drug-likeness (QED) is 0.809. The van der Waals surface area contributed by atoms with Crippen molar-refractivity contribution in [3.05, 3.63) is 70.8 Å². The largest absolute Gasteiger partial charge is 0.462 e. The normalized spacial score (nSPS) is 13.3. The van der Waals surface area contributed by atoms with E-state index < -0.39 is 0 Å². The summed E-state index contributed by atoms with van der Waals surface area (Å²) in [5.41, 5.74) is 4.22. The van der Waals surface area contributed by atoms with Gasteiger partial charge < -0.3 is 4.74 Å². The third-order valence-corrected chi connectivity index (χ3v) is 3.66. The first-order valence-corrected chi connectivity index (χ1v) is 7.31. The van der Waals surface area contributed by atoms with Crippen molar-refractivity contribution < 1.29 is 13.9 Å². The molecule has 3 rings (SSSR count). The number of nitrogens with zero attached hydrogens (tertiary/aromatic N) is 1. The van der Waals surface area contributed by atoms with Crippen LogP contribution >= 0.6 is 0 Å². The van der Waals surface area contributed by atoms with Crippen molar-refractivity contribution in [3.8, 4) is 0 Å². The highest BCUT2D eigenvalue weighted by atomic mass is 19.1. The maximum absolute atomic E-state index is 13.1. The lowest BCUT2D eigenvalue weighted by Gasteiger charge is -2.18. The Hall–Kier alpha value is -2.49. The van der Waals surface area contributed by atoms with E-state index in [-0.39, 0.29) is 11.8 Å². The number of aryl methyl sites for hydroxylation is 1. The van der Waals surface area contributed by atoms with E-state index in [9.17, 15) is 9.18 Å². The zero-order chi connectivity index (χ0) is 15.5. The molecular weight excluding hydrogens is 281 g/mol. The molecule has 0 saturated carbocycles. The standard InChI is InChI=1S/C18H16FNO2/c1-2-22-18(21)13-10-16-15(4-3-5-17(16)20-11-13)12-6-8-14(19)9-7-12/h4,6-11H,2-3,5H2,1H3. The summed E-state index contributed by atoms with van der Waals surface area (Å²) in [4.78, 5) is 16.3. The Morgan fingerprint density at radius 1 is 1.32 bits per heavy atom. The maximum Gasteiger partial charge on any atom is 0.339 e. The minimum Gasteiger partial charge on any atom is -0.462 e. The lowest BCUT2D eigenvalue weighted by Crippen LogP contribution is -2.10. The fourth-order valence-corrected chi connectivity index (χ4v) is 2.62. The van der Waals surface area contributed by atoms with Crippen LogP contribution < -0.4 is 0 Å². The number of allylic oxidation sites excluding steroid dienone is 1. The van der Waals surface area contributed by atoms with E-state index in [4.69, 9.17) is 4.74 Å². The van der Waals surface area contributed by atoms with Crippen molar-refractivity contribution in [2.24, 2.45) is 0 Å². The van der Waals surface area contributed by atoms with E-state index in [1.807, 2.05) is 6.07 Å². The summed E-state index contributed by atoms with van der Waals surface area (Å²) >= 11 is 0. The highest BCUT2D eigenvalue weighted by molar-refractivity contribution is 5.92. The van der Waals surface area contributed by atoms with Crippen LogP contribution in [-0.2, 0) is 11.2 Å². The molecule has 2 aromatic rings. The van der Waals surface area contributed by atoms with Crippen LogP contribution in [0.3, 0.4) is 0 Å². The lowest BCUT2D eigenvalue weighted by molar-refractivity contribution is 0.0526. The Morgan fingerprint density at radius 2 is 2.09 bits per heavy atom. The summed E-state index contributed by atoms with van der Waals surface area (Å²) in [7, 11) is 0. The Kier molecular flexibility index (Phi) is 4.00. The van der Waals surface area contributed by atoms with Gasteiger partial charge in [-0.25, -0.2) is 9.18 Å². The lowest BCUT2D eigenvalue weighted by atomic mass is 9.89. The number of pyridine rings is 1. The molecule has 0 saturated heterocycles. The number of hydrogen-bond donors (Lipinski definition) is 0. The molecule has 0 fully saturated rings. The van der Waals surface area contributed by atoms with Crippen LogP contribution in [0.25, 0.3) is 5.57 Å². The SMILES string of the molecule is CCOC(=O)c1cnc2c(c1)C(c1ccc(F)cc1)=CCC2. The van der Waals surface area contributed by atoms with E-state index in [2.05, 4.69) is 11.1 Å². The minimum absolute atomic E-state index is 0.265. The molecule has 3 nitrogen and oxygen atoms in total. The number of aromatic nitrogens is 1. The smallest absolute Gasteiger partial charge is 0.339 e. The van der Waals surface area contributed by atoms with E-state index >= 15 is 0 Å². The molecule has 112 valence electrons. The Balaban J connectivity index is 2.02. The predicted molar refractivity (Wildman–Crippen MR) is 82.0 cm³/mol. The number of ether oxygens (including phenoxy) is 1. The first-order chi connectivity index (χ1) is 10.7. The molecule has 0 bridgehead atoms. The molecule has 0 aliphatic heterocycles. The molecule has 1 aliphatic rings. The van der Waals surface area contributed by atoms with Gasteiger partial charge in [0, 0.05) is 17.5 Å². The van der Waals surface area contributed by atoms with Gasteiger partial charge in [-0.3, -0.25) is 4.98 Å². The van der Waals surface area contributed by atoms with Gasteiger partial charge in [0.15, 0.2) is 0 Å². The number of hydrogen-bond acceptors (Lipinski definition) is 3. The van der Waals surface area contributed by atoms with Gasteiger partial charge in [0.1, 0.15) is 5.82 Å². The Bertz CT molecular complexity index is 735. The fraction of sp³-hybridized carbons (Fsp3) is 0.222. The minimum atomic E-state index is -0.373. The summed E-state index contributed by atoms with van der Waals surface area (Å²) in [5.74, 6) is -0.638. The average molecular weight is 297 g/mol. The molecule has 22 heavy (non-hydrogen) atoms. The van der Waals surface area contributed by atoms with Crippen molar-refractivity contribution in [2.45, 2.75) is 19.8 Å². The first kappa shape index (κ1) is 14.4. The second-order valence-electron chi connectivity index (χ2n) is 5.10. The Labute approximate surface area is 128 Å². The molecule has 1 heterocycles. The zero-order valence-corrected chi connectivity index (χ0v) is 12.3. The first-order valence-electron chi connectivity index (χ1n) is 7.31. The van der Waals surface area contributed by atoms with E-state index in [0.29, 0.717) is 12.2 Å². The number of rotatable bonds is 3. The topological polar surface area (TPSA) is 39.2 Å². The highest BCUT2D eigenvalue weighted by Gasteiger charge is 2.18. The van der Waals surface area contributed by atoms with Crippen LogP contribution in [0.2, 0.25) is 0 Å². The molecule has 0 spiro atoms. The van der Waals surface area contributed by atoms with Crippen LogP contribution in [0, 0.1) is 5.82 Å². The summed E-state index contributed by atoms with van der Waals surface area (Å²) in [6.45, 7) is 2.10. The molecule has 0 atom stereocenters. The van der Waals surface area contributed by atoms with Crippen LogP contribution in [0.4, 0.5) is 4.39 Å². The van der Waals surface area contributed by atoms with Crippen LogP contribution in [0.15, 0.2) is 42.6 Å². The maximum atomic E-state index is 13.1. The fourth-order valence-electron chi connectivity index (χ4n) is 2.62. The van der Waals surface area contributed by atoms with Gasteiger partial charge in [-0.2, -0.15) is 0 Å². The van der Waals surface area contributed by atoms with Crippen molar-refractivity contribution >= 4 is 11.5 Å². The highest BCUT2D eigenvalue weighted by Crippen LogP contribution is 2.31. The summed E-state index contributed by atoms with van der Waals surface area (Å²) in [5, 5.41) is 0. The predicted octanol–water partition coefficient (Wildman–Crippen LogP) is 3.78. The average Bonchev–Trinajstić information content (AvgIpc) is 2.55. The van der Waals surface area contributed by atoms with Gasteiger partial charge >= 0.3 is 5.97 Å². The van der Waals surface area contributed by atoms with Gasteiger partial charge in [0.2, 0.25) is 0 Å². The van der Waals surface area contributed by atoms with Crippen molar-refractivity contribution in [1.29, 1.82) is 0 Å². The van der Waals surface area contributed by atoms with Crippen molar-refractivity contribution in [1.82, 2.24) is 4.98 Å². The number of halogens is 1. The molecule has 1 aromatic heterocycles. The third-order valence-electron chi connectivity index (χ3n) is 3.66. The summed E-state index contributed by atoms with van der Waals surface area (Å²) in [6.07, 6.45) is 5.38. The number of fused-ring (bicyclic) bond motifs is 1. The van der Waals surface area contributed by atoms with Crippen molar-refractivity contribution in [2.75, 3.05) is 6.61 Å².